The van der Waals surface area contributed by atoms with Crippen LogP contribution in [-0.2, 0) is 4.79 Å². The number of carbonyl (C=O) groups excluding carboxylic acids is 2. The van der Waals surface area contributed by atoms with E-state index in [0.29, 0.717) is 31.2 Å². The lowest BCUT2D eigenvalue weighted by Crippen LogP contribution is -2.39. The zero-order chi connectivity index (χ0) is 16.1. The molecule has 0 aromatic heterocycles. The van der Waals surface area contributed by atoms with E-state index in [0.717, 1.165) is 17.6 Å². The van der Waals surface area contributed by atoms with Gasteiger partial charge in [0.25, 0.3) is 0 Å². The maximum atomic E-state index is 12.4. The average Bonchev–Trinajstić information content (AvgIpc) is 2.73. The Hall–Kier alpha value is -2.01. The lowest BCUT2D eigenvalue weighted by molar-refractivity contribution is -0.125. The molecule has 6 heteroatoms. The van der Waals surface area contributed by atoms with Crippen LogP contribution >= 0.6 is 11.6 Å². The topological polar surface area (TPSA) is 66.6 Å². The summed E-state index contributed by atoms with van der Waals surface area (Å²) in [5.41, 5.74) is 6.97. The van der Waals surface area contributed by atoms with E-state index in [9.17, 15) is 9.59 Å². The fourth-order valence-electron chi connectivity index (χ4n) is 2.49. The normalized spacial score (nSPS) is 16.4. The molecule has 1 aliphatic heterocycles. The molecule has 0 saturated carbocycles. The van der Waals surface area contributed by atoms with Crippen LogP contribution in [0.25, 0.3) is 5.57 Å². The van der Waals surface area contributed by atoms with E-state index in [-0.39, 0.29) is 5.91 Å². The molecular formula is C16H20ClN3O2. The van der Waals surface area contributed by atoms with Crippen molar-refractivity contribution in [3.63, 3.8) is 0 Å². The largest absolute Gasteiger partial charge is 0.351 e. The molecule has 0 bridgehead atoms. The first-order chi connectivity index (χ1) is 10.5. The summed E-state index contributed by atoms with van der Waals surface area (Å²) >= 11 is 6.14. The van der Waals surface area contributed by atoms with Gasteiger partial charge in [-0.25, -0.2) is 4.79 Å². The molecule has 1 aliphatic rings. The van der Waals surface area contributed by atoms with Gasteiger partial charge >= 0.3 is 6.03 Å². The highest BCUT2D eigenvalue weighted by Gasteiger charge is 2.19. The van der Waals surface area contributed by atoms with Gasteiger partial charge in [0.15, 0.2) is 0 Å². The minimum atomic E-state index is -0.433. The molecule has 2 N–H and O–H groups in total. The van der Waals surface area contributed by atoms with E-state index < -0.39 is 6.03 Å². The second kappa shape index (κ2) is 7.31. The molecule has 0 atom stereocenters. The van der Waals surface area contributed by atoms with Crippen molar-refractivity contribution in [2.45, 2.75) is 13.3 Å². The maximum absolute atomic E-state index is 12.4. The summed E-state index contributed by atoms with van der Waals surface area (Å²) < 4.78 is 0. The fraction of sp³-hybridized carbons (Fsp3) is 0.375. The molecular weight excluding hydrogens is 302 g/mol. The van der Waals surface area contributed by atoms with Crippen LogP contribution in [0.4, 0.5) is 4.79 Å². The van der Waals surface area contributed by atoms with Gasteiger partial charge in [0.1, 0.15) is 0 Å². The van der Waals surface area contributed by atoms with Gasteiger partial charge in [-0.2, -0.15) is 0 Å². The van der Waals surface area contributed by atoms with Crippen LogP contribution in [0.2, 0.25) is 5.02 Å². The quantitative estimate of drug-likeness (QED) is 0.850. The molecule has 118 valence electrons. The summed E-state index contributed by atoms with van der Waals surface area (Å²) in [6.45, 7) is 4.04. The van der Waals surface area contributed by atoms with Crippen LogP contribution in [0.3, 0.4) is 0 Å². The summed E-state index contributed by atoms with van der Waals surface area (Å²) in [5, 5.41) is 0.625. The monoisotopic (exact) mass is 321 g/mol. The van der Waals surface area contributed by atoms with Gasteiger partial charge in [-0.1, -0.05) is 29.8 Å². The number of amides is 3. The Labute approximate surface area is 135 Å². The SMILES string of the molecule is C/C(=C/C(=O)N1CCCN(C(N)=O)CC1)c1ccccc1Cl. The third kappa shape index (κ3) is 4.01. The van der Waals surface area contributed by atoms with Gasteiger partial charge in [-0.15, -0.1) is 0 Å². The van der Waals surface area contributed by atoms with E-state index >= 15 is 0 Å². The van der Waals surface area contributed by atoms with Gasteiger partial charge < -0.3 is 15.5 Å². The highest BCUT2D eigenvalue weighted by molar-refractivity contribution is 6.32. The molecule has 0 radical (unpaired) electrons. The highest BCUT2D eigenvalue weighted by Crippen LogP contribution is 2.23. The second-order valence-electron chi connectivity index (χ2n) is 5.31. The van der Waals surface area contributed by atoms with Gasteiger partial charge in [-0.3, -0.25) is 4.79 Å². The summed E-state index contributed by atoms with van der Waals surface area (Å²) in [6, 6.07) is 7.00. The molecule has 2 rings (SSSR count). The Morgan fingerprint density at radius 3 is 2.45 bits per heavy atom. The van der Waals surface area contributed by atoms with Crippen molar-refractivity contribution in [2.24, 2.45) is 5.73 Å². The smallest absolute Gasteiger partial charge is 0.314 e. The highest BCUT2D eigenvalue weighted by atomic mass is 35.5. The molecule has 0 spiro atoms. The van der Waals surface area contributed by atoms with Gasteiger partial charge in [-0.05, 0) is 30.5 Å². The molecule has 1 heterocycles. The van der Waals surface area contributed by atoms with Crippen molar-refractivity contribution in [3.05, 3.63) is 40.9 Å². The maximum Gasteiger partial charge on any atom is 0.314 e. The Morgan fingerprint density at radius 2 is 1.77 bits per heavy atom. The van der Waals surface area contributed by atoms with Crippen LogP contribution in [0.1, 0.15) is 18.9 Å². The number of nitrogens with zero attached hydrogens (tertiary/aromatic N) is 2. The van der Waals surface area contributed by atoms with Crippen LogP contribution in [0.5, 0.6) is 0 Å². The van der Waals surface area contributed by atoms with E-state index in [2.05, 4.69) is 0 Å². The van der Waals surface area contributed by atoms with Gasteiger partial charge in [0.05, 0.1) is 0 Å². The first-order valence-corrected chi connectivity index (χ1v) is 7.63. The zero-order valence-corrected chi connectivity index (χ0v) is 13.3. The van der Waals surface area contributed by atoms with Crippen LogP contribution in [0.15, 0.2) is 30.3 Å². The number of urea groups is 1. The van der Waals surface area contributed by atoms with Crippen molar-refractivity contribution in [1.29, 1.82) is 0 Å². The standard InChI is InChI=1S/C16H20ClN3O2/c1-12(13-5-2-3-6-14(13)17)11-15(21)19-7-4-8-20(10-9-19)16(18)22/h2-3,5-6,11H,4,7-10H2,1H3,(H2,18,22)/b12-11-. The molecule has 5 nitrogen and oxygen atoms in total. The van der Waals surface area contributed by atoms with Crippen molar-refractivity contribution in [3.8, 4) is 0 Å². The number of carbonyl (C=O) groups is 2. The number of nitrogens with two attached hydrogens (primary N) is 1. The Morgan fingerprint density at radius 1 is 1.14 bits per heavy atom. The lowest BCUT2D eigenvalue weighted by atomic mass is 10.1. The first-order valence-electron chi connectivity index (χ1n) is 7.25. The second-order valence-corrected chi connectivity index (χ2v) is 5.72. The van der Waals surface area contributed by atoms with E-state index in [1.807, 2.05) is 25.1 Å². The van der Waals surface area contributed by atoms with Crippen molar-refractivity contribution in [2.75, 3.05) is 26.2 Å². The Bertz CT molecular complexity index is 601. The van der Waals surface area contributed by atoms with Crippen LogP contribution in [0, 0.1) is 0 Å². The van der Waals surface area contributed by atoms with E-state index in [1.54, 1.807) is 21.9 Å². The molecule has 1 fully saturated rings. The fourth-order valence-corrected chi connectivity index (χ4v) is 2.78. The number of allylic oxidation sites excluding steroid dienone is 1. The minimum absolute atomic E-state index is 0.0660. The molecule has 1 aromatic carbocycles. The molecule has 1 saturated heterocycles. The number of hydrogen-bond donors (Lipinski definition) is 1. The van der Waals surface area contributed by atoms with Gasteiger partial charge in [0.2, 0.25) is 5.91 Å². The molecule has 1 aromatic rings. The first kappa shape index (κ1) is 16.4. The molecule has 0 aliphatic carbocycles. The van der Waals surface area contributed by atoms with Crippen molar-refractivity contribution in [1.82, 2.24) is 9.80 Å². The Kier molecular flexibility index (Phi) is 5.44. The van der Waals surface area contributed by atoms with E-state index in [4.69, 9.17) is 17.3 Å². The number of rotatable bonds is 2. The van der Waals surface area contributed by atoms with Crippen LogP contribution in [-0.4, -0.2) is 47.9 Å². The third-order valence-electron chi connectivity index (χ3n) is 3.76. The van der Waals surface area contributed by atoms with Crippen molar-refractivity contribution < 1.29 is 9.59 Å². The summed E-state index contributed by atoms with van der Waals surface area (Å²) in [6.07, 6.45) is 2.33. The minimum Gasteiger partial charge on any atom is -0.351 e. The van der Waals surface area contributed by atoms with Crippen molar-refractivity contribution >= 4 is 29.1 Å². The molecule has 3 amide bonds. The Balaban J connectivity index is 2.07. The third-order valence-corrected chi connectivity index (χ3v) is 4.09. The predicted molar refractivity (Wildman–Crippen MR) is 87.5 cm³/mol. The zero-order valence-electron chi connectivity index (χ0n) is 12.6. The lowest BCUT2D eigenvalue weighted by Gasteiger charge is -2.20. The predicted octanol–water partition coefficient (Wildman–Crippen LogP) is 2.36. The van der Waals surface area contributed by atoms with Crippen LogP contribution < -0.4 is 5.73 Å². The molecule has 0 unspecified atom stereocenters. The number of halogens is 1. The summed E-state index contributed by atoms with van der Waals surface area (Å²) in [4.78, 5) is 26.9. The number of hydrogen-bond acceptors (Lipinski definition) is 2. The molecule has 22 heavy (non-hydrogen) atoms. The number of primary amides is 1. The number of benzene rings is 1. The summed E-state index contributed by atoms with van der Waals surface area (Å²) in [7, 11) is 0. The summed E-state index contributed by atoms with van der Waals surface area (Å²) in [5.74, 6) is -0.0660. The van der Waals surface area contributed by atoms with Gasteiger partial charge in [0, 0.05) is 37.3 Å². The average molecular weight is 322 g/mol. The van der Waals surface area contributed by atoms with E-state index in [1.165, 1.54) is 0 Å².